The zero-order valence-electron chi connectivity index (χ0n) is 9.43. The first kappa shape index (κ1) is 12.3. The highest BCUT2D eigenvalue weighted by molar-refractivity contribution is 5.69. The number of nitrogens with zero attached hydrogens (tertiary/aromatic N) is 1. The molecule has 5 heteroatoms. The third-order valence-electron chi connectivity index (χ3n) is 2.27. The topological polar surface area (TPSA) is 70.0 Å². The molecule has 1 atom stereocenters. The molecule has 1 aliphatic rings. The molecule has 1 fully saturated rings. The van der Waals surface area contributed by atoms with Gasteiger partial charge < -0.3 is 19.8 Å². The van der Waals surface area contributed by atoms with Crippen LogP contribution in [0.25, 0.3) is 0 Å². The van der Waals surface area contributed by atoms with Gasteiger partial charge in [-0.3, -0.25) is 0 Å². The average molecular weight is 217 g/mol. The minimum atomic E-state index is -1.49. The van der Waals surface area contributed by atoms with E-state index in [0.29, 0.717) is 13.0 Å². The molecule has 0 spiro atoms. The van der Waals surface area contributed by atoms with E-state index in [2.05, 4.69) is 0 Å². The highest BCUT2D eigenvalue weighted by atomic mass is 16.6. The molecule has 0 aromatic heterocycles. The number of ether oxygens (including phenoxy) is 1. The van der Waals surface area contributed by atoms with Gasteiger partial charge >= 0.3 is 6.09 Å². The van der Waals surface area contributed by atoms with Gasteiger partial charge in [-0.25, -0.2) is 4.79 Å². The van der Waals surface area contributed by atoms with E-state index in [1.165, 1.54) is 4.90 Å². The Morgan fingerprint density at radius 2 is 2.07 bits per heavy atom. The largest absolute Gasteiger partial charge is 0.444 e. The van der Waals surface area contributed by atoms with E-state index in [4.69, 9.17) is 14.9 Å². The van der Waals surface area contributed by atoms with Crippen LogP contribution in [0.5, 0.6) is 0 Å². The minimum absolute atomic E-state index is 0.474. The van der Waals surface area contributed by atoms with Crippen molar-refractivity contribution >= 4 is 6.09 Å². The van der Waals surface area contributed by atoms with Crippen molar-refractivity contribution in [1.82, 2.24) is 4.90 Å². The number of hydrogen-bond acceptors (Lipinski definition) is 4. The Morgan fingerprint density at radius 3 is 2.53 bits per heavy atom. The molecule has 88 valence electrons. The third-order valence-corrected chi connectivity index (χ3v) is 2.27. The molecule has 0 bridgehead atoms. The summed E-state index contributed by atoms with van der Waals surface area (Å²) in [5.74, 6) is 0. The first-order valence-electron chi connectivity index (χ1n) is 5.17. The molecule has 15 heavy (non-hydrogen) atoms. The van der Waals surface area contributed by atoms with Crippen LogP contribution in [0.3, 0.4) is 0 Å². The molecule has 0 aromatic carbocycles. The van der Waals surface area contributed by atoms with Crippen LogP contribution >= 0.6 is 0 Å². The predicted molar refractivity (Wildman–Crippen MR) is 54.2 cm³/mol. The van der Waals surface area contributed by atoms with Gasteiger partial charge in [0.25, 0.3) is 0 Å². The molecule has 0 aromatic rings. The maximum Gasteiger partial charge on any atom is 0.410 e. The second kappa shape index (κ2) is 4.37. The number of amides is 1. The van der Waals surface area contributed by atoms with E-state index in [1.807, 2.05) is 0 Å². The Morgan fingerprint density at radius 1 is 1.47 bits per heavy atom. The minimum Gasteiger partial charge on any atom is -0.444 e. The average Bonchev–Trinajstić information content (AvgIpc) is 2.47. The van der Waals surface area contributed by atoms with Crippen molar-refractivity contribution in [3.63, 3.8) is 0 Å². The van der Waals surface area contributed by atoms with Crippen LogP contribution in [0, 0.1) is 0 Å². The van der Waals surface area contributed by atoms with E-state index < -0.39 is 24.0 Å². The van der Waals surface area contributed by atoms with Crippen molar-refractivity contribution in [2.75, 3.05) is 6.54 Å². The summed E-state index contributed by atoms with van der Waals surface area (Å²) in [6.45, 7) is 5.87. The van der Waals surface area contributed by atoms with E-state index in [-0.39, 0.29) is 0 Å². The van der Waals surface area contributed by atoms with Crippen molar-refractivity contribution in [1.29, 1.82) is 0 Å². The summed E-state index contributed by atoms with van der Waals surface area (Å²) in [4.78, 5) is 13.0. The number of aliphatic hydroxyl groups excluding tert-OH is 1. The van der Waals surface area contributed by atoms with Gasteiger partial charge in [0, 0.05) is 6.54 Å². The Labute approximate surface area is 89.6 Å². The number of likely N-dealkylation sites (tertiary alicyclic amines) is 1. The molecule has 0 aliphatic carbocycles. The molecule has 1 heterocycles. The number of rotatable bonds is 1. The molecule has 0 saturated carbocycles. The highest BCUT2D eigenvalue weighted by Gasteiger charge is 2.35. The Bertz CT molecular complexity index is 234. The molecule has 1 saturated heterocycles. The predicted octanol–water partition coefficient (Wildman–Crippen LogP) is 0.697. The number of carbonyl (C=O) groups is 1. The molecule has 1 amide bonds. The van der Waals surface area contributed by atoms with Crippen LogP contribution < -0.4 is 0 Å². The molecule has 0 unspecified atom stereocenters. The van der Waals surface area contributed by atoms with Crippen molar-refractivity contribution in [2.45, 2.75) is 51.5 Å². The van der Waals surface area contributed by atoms with Gasteiger partial charge in [-0.05, 0) is 33.6 Å². The van der Waals surface area contributed by atoms with E-state index >= 15 is 0 Å². The molecule has 5 nitrogen and oxygen atoms in total. The zero-order chi connectivity index (χ0) is 11.6. The van der Waals surface area contributed by atoms with Crippen LogP contribution in [-0.4, -0.2) is 45.7 Å². The monoisotopic (exact) mass is 217 g/mol. The standard InChI is InChI=1S/C10H19NO4/c1-10(2,3)15-9(14)11-6-4-5-7(11)8(12)13/h7-8,12-13H,4-6H2,1-3H3/t7-/m1/s1. The fraction of sp³-hybridized carbons (Fsp3) is 0.900. The van der Waals surface area contributed by atoms with Gasteiger partial charge in [0.05, 0.1) is 6.04 Å². The number of carbonyl (C=O) groups excluding carboxylic acids is 1. The molecule has 1 rings (SSSR count). The quantitative estimate of drug-likeness (QED) is 0.634. The van der Waals surface area contributed by atoms with E-state index in [0.717, 1.165) is 6.42 Å². The maximum atomic E-state index is 11.7. The summed E-state index contributed by atoms with van der Waals surface area (Å²) in [6, 6.07) is -0.528. The van der Waals surface area contributed by atoms with Gasteiger partial charge in [-0.15, -0.1) is 0 Å². The van der Waals surface area contributed by atoms with Gasteiger partial charge in [-0.2, -0.15) is 0 Å². The Hall–Kier alpha value is -0.810. The lowest BCUT2D eigenvalue weighted by atomic mass is 10.2. The summed E-state index contributed by atoms with van der Waals surface area (Å²) >= 11 is 0. The smallest absolute Gasteiger partial charge is 0.410 e. The summed E-state index contributed by atoms with van der Waals surface area (Å²) in [5, 5.41) is 18.2. The fourth-order valence-electron chi connectivity index (χ4n) is 1.65. The van der Waals surface area contributed by atoms with Crippen molar-refractivity contribution in [3.8, 4) is 0 Å². The fourth-order valence-corrected chi connectivity index (χ4v) is 1.65. The number of aliphatic hydroxyl groups is 2. The highest BCUT2D eigenvalue weighted by Crippen LogP contribution is 2.22. The van der Waals surface area contributed by atoms with Gasteiger partial charge in [0.2, 0.25) is 0 Å². The van der Waals surface area contributed by atoms with Gasteiger partial charge in [-0.1, -0.05) is 0 Å². The maximum absolute atomic E-state index is 11.7. The normalized spacial score (nSPS) is 22.3. The lowest BCUT2D eigenvalue weighted by Crippen LogP contribution is -2.45. The van der Waals surface area contributed by atoms with Crippen LogP contribution in [0.1, 0.15) is 33.6 Å². The van der Waals surface area contributed by atoms with E-state index in [1.54, 1.807) is 20.8 Å². The first-order valence-corrected chi connectivity index (χ1v) is 5.17. The van der Waals surface area contributed by atoms with Crippen LogP contribution in [0.15, 0.2) is 0 Å². The summed E-state index contributed by atoms with van der Waals surface area (Å²) < 4.78 is 5.17. The molecular weight excluding hydrogens is 198 g/mol. The van der Waals surface area contributed by atoms with Crippen LogP contribution in [0.4, 0.5) is 4.79 Å². The molecule has 0 radical (unpaired) electrons. The molecular formula is C10H19NO4. The van der Waals surface area contributed by atoms with Gasteiger partial charge in [0.1, 0.15) is 5.60 Å². The second-order valence-electron chi connectivity index (χ2n) is 4.80. The van der Waals surface area contributed by atoms with Crippen LogP contribution in [-0.2, 0) is 4.74 Å². The third kappa shape index (κ3) is 3.35. The lowest BCUT2D eigenvalue weighted by molar-refractivity contribution is -0.0912. The SMILES string of the molecule is CC(C)(C)OC(=O)N1CCC[C@@H]1C(O)O. The summed E-state index contributed by atoms with van der Waals surface area (Å²) in [5.41, 5.74) is -0.551. The van der Waals surface area contributed by atoms with Gasteiger partial charge in [0.15, 0.2) is 6.29 Å². The van der Waals surface area contributed by atoms with Crippen LogP contribution in [0.2, 0.25) is 0 Å². The first-order chi connectivity index (χ1) is 6.81. The Kier molecular flexibility index (Phi) is 3.57. The van der Waals surface area contributed by atoms with Crippen molar-refractivity contribution in [3.05, 3.63) is 0 Å². The van der Waals surface area contributed by atoms with E-state index in [9.17, 15) is 4.79 Å². The zero-order valence-corrected chi connectivity index (χ0v) is 9.43. The lowest BCUT2D eigenvalue weighted by Gasteiger charge is -2.29. The molecule has 1 aliphatic heterocycles. The number of hydrogen-bond donors (Lipinski definition) is 2. The summed E-state index contributed by atoms with van der Waals surface area (Å²) in [7, 11) is 0. The Balaban J connectivity index is 2.59. The van der Waals surface area contributed by atoms with Crippen molar-refractivity contribution < 1.29 is 19.7 Å². The molecule has 2 N–H and O–H groups in total. The second-order valence-corrected chi connectivity index (χ2v) is 4.80. The summed E-state index contributed by atoms with van der Waals surface area (Å²) in [6.07, 6.45) is -0.573. The van der Waals surface area contributed by atoms with Crippen molar-refractivity contribution in [2.24, 2.45) is 0 Å².